The van der Waals surface area contributed by atoms with Gasteiger partial charge in [0.25, 0.3) is 0 Å². The summed E-state index contributed by atoms with van der Waals surface area (Å²) in [7, 11) is 0. The number of nitrogens with zero attached hydrogens (tertiary/aromatic N) is 2. The lowest BCUT2D eigenvalue weighted by molar-refractivity contribution is -0.143. The Labute approximate surface area is 182 Å². The van der Waals surface area contributed by atoms with E-state index in [0.29, 0.717) is 12.1 Å². The molecule has 2 N–H and O–H groups in total. The molecule has 0 bridgehead atoms. The van der Waals surface area contributed by atoms with Crippen molar-refractivity contribution in [3.63, 3.8) is 0 Å². The second-order valence-electron chi connectivity index (χ2n) is 6.90. The quantitative estimate of drug-likeness (QED) is 0.268. The first kappa shape index (κ1) is 23.8. The third-order valence-electron chi connectivity index (χ3n) is 4.48. The van der Waals surface area contributed by atoms with E-state index in [4.69, 9.17) is 4.52 Å². The lowest BCUT2D eigenvalue weighted by Gasteiger charge is -2.14. The van der Waals surface area contributed by atoms with Gasteiger partial charge in [0.15, 0.2) is 5.76 Å². The number of carboxylic acid groups (broad SMARTS) is 1. The highest BCUT2D eigenvalue weighted by Crippen LogP contribution is 2.37. The van der Waals surface area contributed by atoms with Crippen LogP contribution in [0.3, 0.4) is 0 Å². The molecular formula is C21H15F6N3O3. The maximum Gasteiger partial charge on any atom is 0.416 e. The van der Waals surface area contributed by atoms with Gasteiger partial charge in [0.2, 0.25) is 5.69 Å². The van der Waals surface area contributed by atoms with Gasteiger partial charge in [-0.15, -0.1) is 0 Å². The number of halogens is 6. The van der Waals surface area contributed by atoms with E-state index in [1.54, 1.807) is 30.3 Å². The number of hydrazone groups is 1. The lowest BCUT2D eigenvalue weighted by Crippen LogP contribution is -2.12. The summed E-state index contributed by atoms with van der Waals surface area (Å²) < 4.78 is 83.4. The molecule has 0 saturated heterocycles. The topological polar surface area (TPSA) is 87.7 Å². The smallest absolute Gasteiger partial charge is 0.416 e. The maximum absolute atomic E-state index is 13.0. The van der Waals surface area contributed by atoms with Gasteiger partial charge in [-0.3, -0.25) is 5.43 Å². The van der Waals surface area contributed by atoms with Crippen LogP contribution in [0.1, 0.15) is 45.4 Å². The van der Waals surface area contributed by atoms with E-state index < -0.39 is 40.8 Å². The number of anilines is 1. The minimum absolute atomic E-state index is 0.0117. The van der Waals surface area contributed by atoms with E-state index in [1.807, 2.05) is 0 Å². The number of alkyl halides is 6. The van der Waals surface area contributed by atoms with Gasteiger partial charge in [0, 0.05) is 6.42 Å². The van der Waals surface area contributed by atoms with Crippen molar-refractivity contribution in [2.24, 2.45) is 5.10 Å². The molecule has 0 fully saturated rings. The molecule has 0 amide bonds. The molecule has 0 aliphatic rings. The van der Waals surface area contributed by atoms with Crippen molar-refractivity contribution in [3.8, 4) is 0 Å². The van der Waals surface area contributed by atoms with Crippen molar-refractivity contribution in [2.75, 3.05) is 5.43 Å². The van der Waals surface area contributed by atoms with Gasteiger partial charge in [-0.1, -0.05) is 35.5 Å². The fourth-order valence-corrected chi connectivity index (χ4v) is 2.97. The molecule has 0 aliphatic carbocycles. The summed E-state index contributed by atoms with van der Waals surface area (Å²) in [5, 5.41) is 16.7. The Bertz CT molecular complexity index is 1150. The number of rotatable bonds is 6. The standard InChI is InChI=1S/C21H15F6N3O3/c1-11(17-16(33-30-18(17)19(31)32)7-12-5-3-2-4-6-12)28-29-15-9-13(20(22,23)24)8-14(10-15)21(25,26)27/h2-6,8-10,29H,7H2,1H3,(H,31,32). The van der Waals surface area contributed by atoms with Crippen molar-refractivity contribution in [3.05, 3.63) is 82.2 Å². The number of carbonyl (C=O) groups is 1. The SMILES string of the molecule is CC(=NNc1cc(C(F)(F)F)cc(C(F)(F)F)c1)c1c(C(=O)O)noc1Cc1ccccc1. The van der Waals surface area contributed by atoms with Crippen LogP contribution in [0, 0.1) is 0 Å². The first-order valence-electron chi connectivity index (χ1n) is 9.22. The Morgan fingerprint density at radius 3 is 2.12 bits per heavy atom. The predicted molar refractivity (Wildman–Crippen MR) is 105 cm³/mol. The van der Waals surface area contributed by atoms with E-state index in [0.717, 1.165) is 5.56 Å². The molecule has 12 heteroatoms. The molecule has 1 aromatic heterocycles. The molecule has 0 unspecified atom stereocenters. The number of nitrogens with one attached hydrogen (secondary N) is 1. The van der Waals surface area contributed by atoms with Crippen LogP contribution in [0.15, 0.2) is 58.2 Å². The van der Waals surface area contributed by atoms with E-state index in [1.165, 1.54) is 6.92 Å². The van der Waals surface area contributed by atoms with Crippen molar-refractivity contribution in [1.82, 2.24) is 5.16 Å². The molecule has 0 saturated carbocycles. The fourth-order valence-electron chi connectivity index (χ4n) is 2.97. The molecule has 3 rings (SSSR count). The second kappa shape index (κ2) is 8.96. The Balaban J connectivity index is 1.99. The maximum atomic E-state index is 13.0. The monoisotopic (exact) mass is 471 g/mol. The summed E-state index contributed by atoms with van der Waals surface area (Å²) in [4.78, 5) is 11.5. The number of aromatic carboxylic acids is 1. The predicted octanol–water partition coefficient (Wildman–Crippen LogP) is 5.84. The molecule has 0 spiro atoms. The molecule has 0 radical (unpaired) electrons. The summed E-state index contributed by atoms with van der Waals surface area (Å²) in [5.41, 5.74) is -1.34. The van der Waals surface area contributed by atoms with Gasteiger partial charge in [-0.25, -0.2) is 4.79 Å². The van der Waals surface area contributed by atoms with Crippen LogP contribution in [0.25, 0.3) is 0 Å². The van der Waals surface area contributed by atoms with Crippen molar-refractivity contribution < 1.29 is 40.8 Å². The Kier molecular flexibility index (Phi) is 6.47. The van der Waals surface area contributed by atoms with E-state index in [9.17, 15) is 36.2 Å². The highest BCUT2D eigenvalue weighted by molar-refractivity contribution is 6.07. The summed E-state index contributed by atoms with van der Waals surface area (Å²) in [5.74, 6) is -1.33. The van der Waals surface area contributed by atoms with E-state index >= 15 is 0 Å². The highest BCUT2D eigenvalue weighted by Gasteiger charge is 2.37. The lowest BCUT2D eigenvalue weighted by atomic mass is 10.0. The van der Waals surface area contributed by atoms with Gasteiger partial charge in [-0.2, -0.15) is 31.4 Å². The Morgan fingerprint density at radius 1 is 1.03 bits per heavy atom. The van der Waals surface area contributed by atoms with Gasteiger partial charge in [-0.05, 0) is 30.7 Å². The van der Waals surface area contributed by atoms with Crippen LogP contribution >= 0.6 is 0 Å². The molecule has 174 valence electrons. The van der Waals surface area contributed by atoms with Crippen LogP contribution in [-0.2, 0) is 18.8 Å². The number of hydrogen-bond donors (Lipinski definition) is 2. The van der Waals surface area contributed by atoms with Gasteiger partial charge in [0.05, 0.1) is 28.1 Å². The first-order chi connectivity index (χ1) is 15.4. The van der Waals surface area contributed by atoms with Crippen molar-refractivity contribution in [1.29, 1.82) is 0 Å². The zero-order valence-corrected chi connectivity index (χ0v) is 16.8. The fraction of sp³-hybridized carbons (Fsp3) is 0.190. The summed E-state index contributed by atoms with van der Waals surface area (Å²) in [6.07, 6.45) is -9.92. The number of hydrogen-bond acceptors (Lipinski definition) is 5. The van der Waals surface area contributed by atoms with Gasteiger partial charge in [0.1, 0.15) is 0 Å². The van der Waals surface area contributed by atoms with Gasteiger partial charge < -0.3 is 9.63 Å². The normalized spacial score (nSPS) is 12.6. The summed E-state index contributed by atoms with van der Waals surface area (Å²) in [6, 6.07) is 9.68. The molecular weight excluding hydrogens is 456 g/mol. The van der Waals surface area contributed by atoms with Crippen molar-refractivity contribution >= 4 is 17.4 Å². The molecule has 0 atom stereocenters. The third kappa shape index (κ3) is 5.70. The molecule has 2 aromatic carbocycles. The van der Waals surface area contributed by atoms with Crippen LogP contribution in [-0.4, -0.2) is 21.9 Å². The molecule has 1 heterocycles. The highest BCUT2D eigenvalue weighted by atomic mass is 19.4. The first-order valence-corrected chi connectivity index (χ1v) is 9.22. The minimum Gasteiger partial charge on any atom is -0.476 e. The number of carboxylic acids is 1. The molecule has 33 heavy (non-hydrogen) atoms. The Morgan fingerprint density at radius 2 is 1.61 bits per heavy atom. The van der Waals surface area contributed by atoms with E-state index in [2.05, 4.69) is 15.7 Å². The average Bonchev–Trinajstić information content (AvgIpc) is 3.15. The minimum atomic E-state index is -5.02. The zero-order valence-electron chi connectivity index (χ0n) is 16.8. The molecule has 6 nitrogen and oxygen atoms in total. The van der Waals surface area contributed by atoms with Crippen LogP contribution in [0.4, 0.5) is 32.0 Å². The van der Waals surface area contributed by atoms with Gasteiger partial charge >= 0.3 is 18.3 Å². The Hall–Kier alpha value is -3.83. The third-order valence-corrected chi connectivity index (χ3v) is 4.48. The van der Waals surface area contributed by atoms with Crippen molar-refractivity contribution in [2.45, 2.75) is 25.7 Å². The van der Waals surface area contributed by atoms with Crippen LogP contribution < -0.4 is 5.43 Å². The van der Waals surface area contributed by atoms with E-state index in [-0.39, 0.29) is 29.5 Å². The number of aromatic nitrogens is 1. The molecule has 3 aromatic rings. The second-order valence-corrected chi connectivity index (χ2v) is 6.90. The average molecular weight is 471 g/mol. The van der Waals surface area contributed by atoms with Crippen LogP contribution in [0.2, 0.25) is 0 Å². The summed E-state index contributed by atoms with van der Waals surface area (Å²) >= 11 is 0. The summed E-state index contributed by atoms with van der Waals surface area (Å²) in [6.45, 7) is 1.32. The zero-order chi connectivity index (χ0) is 24.4. The van der Waals surface area contributed by atoms with Crippen LogP contribution in [0.5, 0.6) is 0 Å². The largest absolute Gasteiger partial charge is 0.476 e. The molecule has 0 aliphatic heterocycles. The number of benzene rings is 2.